The van der Waals surface area contributed by atoms with Crippen LogP contribution in [-0.4, -0.2) is 34.6 Å². The second kappa shape index (κ2) is 5.66. The van der Waals surface area contributed by atoms with E-state index in [1.165, 1.54) is 5.56 Å². The van der Waals surface area contributed by atoms with Crippen LogP contribution in [0.3, 0.4) is 0 Å². The van der Waals surface area contributed by atoms with Gasteiger partial charge in [-0.1, -0.05) is 0 Å². The molecule has 1 atom stereocenters. The fraction of sp³-hybridized carbons (Fsp3) is 0.583. The van der Waals surface area contributed by atoms with Crippen LogP contribution < -0.4 is 10.6 Å². The van der Waals surface area contributed by atoms with E-state index in [0.29, 0.717) is 19.4 Å². The summed E-state index contributed by atoms with van der Waals surface area (Å²) < 4.78 is 0. The summed E-state index contributed by atoms with van der Waals surface area (Å²) in [5.41, 5.74) is 2.25. The lowest BCUT2D eigenvalue weighted by atomic mass is 10.1. The molecule has 0 saturated carbocycles. The van der Waals surface area contributed by atoms with E-state index >= 15 is 0 Å². The highest BCUT2D eigenvalue weighted by molar-refractivity contribution is 5.90. The number of amides is 2. The van der Waals surface area contributed by atoms with Crippen LogP contribution in [0.25, 0.3) is 0 Å². The Hall–Kier alpha value is -1.85. The molecule has 2 amide bonds. The highest BCUT2D eigenvalue weighted by Gasteiger charge is 2.26. The van der Waals surface area contributed by atoms with Gasteiger partial charge in [0.15, 0.2) is 0 Å². The lowest BCUT2D eigenvalue weighted by molar-refractivity contribution is -0.125. The fourth-order valence-electron chi connectivity index (χ4n) is 2.05. The molecule has 6 nitrogen and oxygen atoms in total. The monoisotopic (exact) mass is 250 g/mol. The first-order chi connectivity index (χ1) is 8.66. The van der Waals surface area contributed by atoms with Crippen LogP contribution in [0.4, 0.5) is 0 Å². The molecule has 3 N–H and O–H groups in total. The normalized spacial score (nSPS) is 18.7. The molecule has 0 radical (unpaired) electrons. The van der Waals surface area contributed by atoms with Gasteiger partial charge >= 0.3 is 0 Å². The topological polar surface area (TPSA) is 86.9 Å². The maximum Gasteiger partial charge on any atom is 0.242 e. The largest absolute Gasteiger partial charge is 0.354 e. The minimum absolute atomic E-state index is 0.0378. The van der Waals surface area contributed by atoms with E-state index in [2.05, 4.69) is 20.8 Å². The second-order valence-corrected chi connectivity index (χ2v) is 4.57. The second-order valence-electron chi connectivity index (χ2n) is 4.57. The average molecular weight is 250 g/mol. The molecule has 0 unspecified atom stereocenters. The van der Waals surface area contributed by atoms with Crippen molar-refractivity contribution in [3.05, 3.63) is 17.5 Å². The predicted molar refractivity (Wildman–Crippen MR) is 65.8 cm³/mol. The smallest absolute Gasteiger partial charge is 0.242 e. The molecule has 0 aliphatic carbocycles. The summed E-state index contributed by atoms with van der Waals surface area (Å²) in [5, 5.41) is 12.3. The Labute approximate surface area is 106 Å². The van der Waals surface area contributed by atoms with Gasteiger partial charge in [0.1, 0.15) is 6.04 Å². The summed E-state index contributed by atoms with van der Waals surface area (Å²) in [7, 11) is 0. The van der Waals surface area contributed by atoms with Crippen molar-refractivity contribution in [2.45, 2.75) is 38.6 Å². The zero-order valence-electron chi connectivity index (χ0n) is 10.5. The van der Waals surface area contributed by atoms with E-state index in [9.17, 15) is 9.59 Å². The quantitative estimate of drug-likeness (QED) is 0.645. The molecular formula is C12H18N4O2. The minimum atomic E-state index is -0.340. The Morgan fingerprint density at radius 1 is 1.61 bits per heavy atom. The number of carbonyl (C=O) groups excluding carboxylic acids is 2. The van der Waals surface area contributed by atoms with Crippen molar-refractivity contribution in [1.82, 2.24) is 20.8 Å². The third-order valence-corrected chi connectivity index (χ3v) is 3.17. The number of carbonyl (C=O) groups is 2. The van der Waals surface area contributed by atoms with Crippen molar-refractivity contribution in [1.29, 1.82) is 0 Å². The van der Waals surface area contributed by atoms with Gasteiger partial charge in [-0.05, 0) is 31.7 Å². The Kier molecular flexibility index (Phi) is 3.96. The molecule has 2 heterocycles. The molecule has 1 aliphatic heterocycles. The lowest BCUT2D eigenvalue weighted by Crippen LogP contribution is -2.41. The zero-order chi connectivity index (χ0) is 13.0. The first kappa shape index (κ1) is 12.6. The zero-order valence-corrected chi connectivity index (χ0v) is 10.5. The van der Waals surface area contributed by atoms with E-state index in [4.69, 9.17) is 0 Å². The Morgan fingerprint density at radius 2 is 2.44 bits per heavy atom. The van der Waals surface area contributed by atoms with Crippen LogP contribution in [0.5, 0.6) is 0 Å². The van der Waals surface area contributed by atoms with Crippen LogP contribution in [0.15, 0.2) is 6.20 Å². The Balaban J connectivity index is 1.65. The van der Waals surface area contributed by atoms with Crippen molar-refractivity contribution in [2.75, 3.05) is 6.54 Å². The van der Waals surface area contributed by atoms with Gasteiger partial charge in [0.2, 0.25) is 11.8 Å². The summed E-state index contributed by atoms with van der Waals surface area (Å²) in [6, 6.07) is -0.340. The summed E-state index contributed by atoms with van der Waals surface area (Å²) >= 11 is 0. The van der Waals surface area contributed by atoms with E-state index < -0.39 is 0 Å². The third-order valence-electron chi connectivity index (χ3n) is 3.17. The summed E-state index contributed by atoms with van der Waals surface area (Å²) in [4.78, 5) is 22.7. The molecule has 98 valence electrons. The van der Waals surface area contributed by atoms with Gasteiger partial charge in [-0.25, -0.2) is 0 Å². The minimum Gasteiger partial charge on any atom is -0.354 e. The van der Waals surface area contributed by atoms with E-state index in [0.717, 1.165) is 18.5 Å². The van der Waals surface area contributed by atoms with Gasteiger partial charge in [-0.3, -0.25) is 14.7 Å². The highest BCUT2D eigenvalue weighted by Crippen LogP contribution is 2.07. The summed E-state index contributed by atoms with van der Waals surface area (Å²) in [6.45, 7) is 2.60. The maximum absolute atomic E-state index is 11.7. The maximum atomic E-state index is 11.7. The number of hydrogen-bond donors (Lipinski definition) is 3. The molecule has 1 saturated heterocycles. The number of H-pyrrole nitrogens is 1. The van der Waals surface area contributed by atoms with Crippen LogP contribution in [0, 0.1) is 6.92 Å². The van der Waals surface area contributed by atoms with Crippen molar-refractivity contribution >= 4 is 11.8 Å². The number of nitrogens with zero attached hydrogens (tertiary/aromatic N) is 1. The molecule has 1 aromatic heterocycles. The Morgan fingerprint density at radius 3 is 3.06 bits per heavy atom. The average Bonchev–Trinajstić information content (AvgIpc) is 2.94. The van der Waals surface area contributed by atoms with Crippen molar-refractivity contribution < 1.29 is 9.59 Å². The SMILES string of the molecule is Cc1[nH]ncc1CCCNC(=O)[C@H]1CCC(=O)N1. The van der Waals surface area contributed by atoms with Crippen molar-refractivity contribution in [3.63, 3.8) is 0 Å². The van der Waals surface area contributed by atoms with Crippen molar-refractivity contribution in [2.24, 2.45) is 0 Å². The van der Waals surface area contributed by atoms with E-state index in [-0.39, 0.29) is 17.9 Å². The number of nitrogens with one attached hydrogen (secondary N) is 3. The highest BCUT2D eigenvalue weighted by atomic mass is 16.2. The van der Waals surface area contributed by atoms with Crippen molar-refractivity contribution in [3.8, 4) is 0 Å². The number of aromatic nitrogens is 2. The lowest BCUT2D eigenvalue weighted by Gasteiger charge is -2.10. The van der Waals surface area contributed by atoms with Crippen LogP contribution in [0.1, 0.15) is 30.5 Å². The molecule has 18 heavy (non-hydrogen) atoms. The number of aryl methyl sites for hydroxylation is 2. The van der Waals surface area contributed by atoms with Gasteiger partial charge in [-0.2, -0.15) is 5.10 Å². The van der Waals surface area contributed by atoms with E-state index in [1.54, 1.807) is 0 Å². The molecule has 0 bridgehead atoms. The first-order valence-electron chi connectivity index (χ1n) is 6.22. The molecule has 2 rings (SSSR count). The number of rotatable bonds is 5. The van der Waals surface area contributed by atoms with E-state index in [1.807, 2.05) is 13.1 Å². The Bertz CT molecular complexity index is 441. The standard InChI is InChI=1S/C12H18N4O2/c1-8-9(7-14-16-8)3-2-6-13-12(18)10-4-5-11(17)15-10/h7,10H,2-6H2,1H3,(H,13,18)(H,14,16)(H,15,17)/t10-/m1/s1. The molecule has 1 aromatic rings. The third kappa shape index (κ3) is 3.09. The number of hydrogen-bond acceptors (Lipinski definition) is 3. The predicted octanol–water partition coefficient (Wildman–Crippen LogP) is 0.0455. The summed E-state index contributed by atoms with van der Waals surface area (Å²) in [5.74, 6) is -0.117. The number of aromatic amines is 1. The van der Waals surface area contributed by atoms with Gasteiger partial charge < -0.3 is 10.6 Å². The molecule has 0 aromatic carbocycles. The van der Waals surface area contributed by atoms with Gasteiger partial charge in [-0.15, -0.1) is 0 Å². The fourth-order valence-corrected chi connectivity index (χ4v) is 2.05. The van der Waals surface area contributed by atoms with Gasteiger partial charge in [0, 0.05) is 18.7 Å². The molecule has 0 spiro atoms. The van der Waals surface area contributed by atoms with Gasteiger partial charge in [0.25, 0.3) is 0 Å². The van der Waals surface area contributed by atoms with Gasteiger partial charge in [0.05, 0.1) is 6.20 Å². The molecule has 1 fully saturated rings. The van der Waals surface area contributed by atoms with Crippen LogP contribution in [0.2, 0.25) is 0 Å². The first-order valence-corrected chi connectivity index (χ1v) is 6.22. The molecule has 1 aliphatic rings. The van der Waals surface area contributed by atoms with Crippen LogP contribution in [-0.2, 0) is 16.0 Å². The molecular weight excluding hydrogens is 232 g/mol. The summed E-state index contributed by atoms with van der Waals surface area (Å²) in [6.07, 6.45) is 4.62. The van der Waals surface area contributed by atoms with Crippen LogP contribution >= 0.6 is 0 Å². The molecule has 6 heteroatoms.